The maximum Gasteiger partial charge on any atom is 0.412 e. The Labute approximate surface area is 170 Å². The van der Waals surface area contributed by atoms with Crippen LogP contribution in [0.3, 0.4) is 0 Å². The fourth-order valence-corrected chi connectivity index (χ4v) is 5.04. The van der Waals surface area contributed by atoms with Crippen LogP contribution in [0.15, 0.2) is 41.3 Å². The zero-order chi connectivity index (χ0) is 19.6. The average molecular weight is 397 g/mol. The predicted octanol–water partition coefficient (Wildman–Crippen LogP) is 3.32. The number of benzene rings is 1. The van der Waals surface area contributed by atoms with Gasteiger partial charge in [-0.15, -0.1) is 0 Å². The maximum atomic E-state index is 11.9. The first-order valence-electron chi connectivity index (χ1n) is 10.5. The van der Waals surface area contributed by atoms with Gasteiger partial charge >= 0.3 is 6.09 Å². The van der Waals surface area contributed by atoms with Crippen molar-refractivity contribution < 1.29 is 18.7 Å². The molecular formula is C22H27N3O4. The molecule has 1 N–H and O–H groups in total. The highest BCUT2D eigenvalue weighted by atomic mass is 16.6. The van der Waals surface area contributed by atoms with Crippen LogP contribution >= 0.6 is 0 Å². The number of rotatable bonds is 6. The number of anilines is 1. The highest BCUT2D eigenvalue weighted by molar-refractivity contribution is 5.84. The maximum absolute atomic E-state index is 11.9. The van der Waals surface area contributed by atoms with Crippen molar-refractivity contribution in [2.45, 2.75) is 31.9 Å². The van der Waals surface area contributed by atoms with Crippen LogP contribution in [-0.4, -0.2) is 48.3 Å². The van der Waals surface area contributed by atoms with Gasteiger partial charge in [-0.1, -0.05) is 12.1 Å². The lowest BCUT2D eigenvalue weighted by molar-refractivity contribution is -0.0851. The third kappa shape index (κ3) is 4.16. The normalized spacial score (nSPS) is 26.8. The quantitative estimate of drug-likeness (QED) is 0.806. The molecule has 2 bridgehead atoms. The van der Waals surface area contributed by atoms with Crippen LogP contribution in [0.2, 0.25) is 0 Å². The van der Waals surface area contributed by atoms with Crippen molar-refractivity contribution in [1.82, 2.24) is 9.88 Å². The number of oxazole rings is 1. The Bertz CT molecular complexity index is 805. The summed E-state index contributed by atoms with van der Waals surface area (Å²) in [7, 11) is 0. The smallest absolute Gasteiger partial charge is 0.412 e. The molecule has 1 aromatic heterocycles. The van der Waals surface area contributed by atoms with Gasteiger partial charge in [0.1, 0.15) is 0 Å². The number of hydrogen-bond acceptors (Lipinski definition) is 6. The van der Waals surface area contributed by atoms with Crippen molar-refractivity contribution >= 4 is 11.8 Å². The molecule has 3 aliphatic rings. The zero-order valence-electron chi connectivity index (χ0n) is 16.5. The van der Waals surface area contributed by atoms with E-state index in [1.165, 1.54) is 44.1 Å². The number of ether oxygens (including phenoxy) is 2. The highest BCUT2D eigenvalue weighted by Crippen LogP contribution is 2.44. The van der Waals surface area contributed by atoms with E-state index in [1.807, 2.05) is 12.1 Å². The minimum atomic E-state index is -0.500. The van der Waals surface area contributed by atoms with Crippen molar-refractivity contribution in [2.75, 3.05) is 31.6 Å². The van der Waals surface area contributed by atoms with E-state index in [9.17, 15) is 4.79 Å². The largest absolute Gasteiger partial charge is 0.445 e. The van der Waals surface area contributed by atoms with Crippen molar-refractivity contribution in [3.8, 4) is 0 Å². The fourth-order valence-electron chi connectivity index (χ4n) is 5.04. The molecule has 7 heteroatoms. The Hall–Kier alpha value is -2.38. The van der Waals surface area contributed by atoms with Gasteiger partial charge in [0.05, 0.1) is 25.5 Å². The number of aromatic nitrogens is 1. The molecule has 2 unspecified atom stereocenters. The Kier molecular flexibility index (Phi) is 5.24. The summed E-state index contributed by atoms with van der Waals surface area (Å²) in [6.45, 7) is 4.36. The summed E-state index contributed by atoms with van der Waals surface area (Å²) in [4.78, 5) is 18.4. The highest BCUT2D eigenvalue weighted by Gasteiger charge is 2.44. The second-order valence-corrected chi connectivity index (χ2v) is 8.48. The minimum Gasteiger partial charge on any atom is -0.445 e. The summed E-state index contributed by atoms with van der Waals surface area (Å²) in [5.41, 5.74) is 2.08. The lowest BCUT2D eigenvalue weighted by atomic mass is 9.80. The molecule has 3 fully saturated rings. The molecule has 7 nitrogen and oxygen atoms in total. The van der Waals surface area contributed by atoms with Crippen LogP contribution in [0.5, 0.6) is 0 Å². The lowest BCUT2D eigenvalue weighted by Gasteiger charge is -2.45. The molecular weight excluding hydrogens is 370 g/mol. The fraction of sp³-hybridized carbons (Fsp3) is 0.545. The molecule has 2 aliphatic heterocycles. The van der Waals surface area contributed by atoms with E-state index >= 15 is 0 Å². The van der Waals surface area contributed by atoms with E-state index in [2.05, 4.69) is 27.3 Å². The molecule has 1 amide bonds. The summed E-state index contributed by atoms with van der Waals surface area (Å²) < 4.78 is 15.6. The molecule has 1 saturated carbocycles. The average Bonchev–Trinajstić information content (AvgIpc) is 3.27. The zero-order valence-corrected chi connectivity index (χ0v) is 16.5. The lowest BCUT2D eigenvalue weighted by Crippen LogP contribution is -2.55. The summed E-state index contributed by atoms with van der Waals surface area (Å²) in [6.07, 6.45) is 6.18. The van der Waals surface area contributed by atoms with E-state index in [0.29, 0.717) is 11.8 Å². The second kappa shape index (κ2) is 8.16. The van der Waals surface area contributed by atoms with Crippen LogP contribution in [-0.2, 0) is 22.5 Å². The standard InChI is InChI=1S/C22H27N3O4/c26-22(28-13-20-8-23-14-29-20)24-18-5-1-15(2-6-18)7-21-16-3-4-17(21)10-25(9-16)19-11-27-12-19/h1-2,5-6,8,14,16-17,19,21H,3-4,7,9-13H2,(H,24,26). The summed E-state index contributed by atoms with van der Waals surface area (Å²) in [6, 6.07) is 8.81. The van der Waals surface area contributed by atoms with Crippen molar-refractivity contribution in [1.29, 1.82) is 0 Å². The van der Waals surface area contributed by atoms with Crippen LogP contribution in [0, 0.1) is 17.8 Å². The molecule has 3 heterocycles. The van der Waals surface area contributed by atoms with E-state index in [-0.39, 0.29) is 6.61 Å². The molecule has 2 aromatic rings. The van der Waals surface area contributed by atoms with E-state index < -0.39 is 6.09 Å². The second-order valence-electron chi connectivity index (χ2n) is 8.48. The van der Waals surface area contributed by atoms with E-state index in [1.54, 1.807) is 0 Å². The van der Waals surface area contributed by atoms with Crippen LogP contribution < -0.4 is 5.32 Å². The molecule has 0 radical (unpaired) electrons. The van der Waals surface area contributed by atoms with Gasteiger partial charge in [0.25, 0.3) is 0 Å². The molecule has 154 valence electrons. The molecule has 2 atom stereocenters. The first kappa shape index (κ1) is 18.6. The Morgan fingerprint density at radius 2 is 1.93 bits per heavy atom. The van der Waals surface area contributed by atoms with Crippen LogP contribution in [0.1, 0.15) is 24.2 Å². The number of nitrogens with one attached hydrogen (secondary N) is 1. The number of amides is 1. The van der Waals surface area contributed by atoms with Gasteiger partial charge in [0.15, 0.2) is 18.8 Å². The number of fused-ring (bicyclic) bond motifs is 2. The van der Waals surface area contributed by atoms with Gasteiger partial charge in [0, 0.05) is 18.8 Å². The summed E-state index contributed by atoms with van der Waals surface area (Å²) >= 11 is 0. The van der Waals surface area contributed by atoms with Gasteiger partial charge < -0.3 is 13.9 Å². The molecule has 29 heavy (non-hydrogen) atoms. The van der Waals surface area contributed by atoms with Gasteiger partial charge in [-0.3, -0.25) is 10.2 Å². The predicted molar refractivity (Wildman–Crippen MR) is 106 cm³/mol. The van der Waals surface area contributed by atoms with Gasteiger partial charge in [-0.25, -0.2) is 9.78 Å². The number of carbonyl (C=O) groups excluding carboxylic acids is 1. The molecule has 0 spiro atoms. The molecule has 5 rings (SSSR count). The Balaban J connectivity index is 1.12. The Morgan fingerprint density at radius 3 is 2.55 bits per heavy atom. The number of hydrogen-bond donors (Lipinski definition) is 1. The van der Waals surface area contributed by atoms with Crippen LogP contribution in [0.4, 0.5) is 10.5 Å². The molecule has 2 saturated heterocycles. The minimum absolute atomic E-state index is 0.0678. The molecule has 1 aromatic carbocycles. The first-order chi connectivity index (χ1) is 14.2. The van der Waals surface area contributed by atoms with Crippen molar-refractivity contribution in [2.24, 2.45) is 17.8 Å². The topological polar surface area (TPSA) is 76.8 Å². The van der Waals surface area contributed by atoms with E-state index in [0.717, 1.165) is 43.1 Å². The van der Waals surface area contributed by atoms with Gasteiger partial charge in [-0.05, 0) is 54.7 Å². The molecule has 1 aliphatic carbocycles. The third-order valence-electron chi connectivity index (χ3n) is 6.69. The third-order valence-corrected chi connectivity index (χ3v) is 6.69. The number of piperidine rings is 1. The SMILES string of the molecule is O=C(Nc1ccc(CC2C3CCC2CN(C2COC2)C3)cc1)OCc1cnco1. The van der Waals surface area contributed by atoms with Gasteiger partial charge in [-0.2, -0.15) is 0 Å². The monoisotopic (exact) mass is 397 g/mol. The van der Waals surface area contributed by atoms with Crippen LogP contribution in [0.25, 0.3) is 0 Å². The number of likely N-dealkylation sites (tertiary alicyclic amines) is 1. The van der Waals surface area contributed by atoms with E-state index in [4.69, 9.17) is 13.9 Å². The summed E-state index contributed by atoms with van der Waals surface area (Å²) in [5.74, 6) is 2.90. The Morgan fingerprint density at radius 1 is 1.17 bits per heavy atom. The number of carbonyl (C=O) groups is 1. The van der Waals surface area contributed by atoms with Gasteiger partial charge in [0.2, 0.25) is 0 Å². The van der Waals surface area contributed by atoms with Crippen molar-refractivity contribution in [3.05, 3.63) is 48.2 Å². The van der Waals surface area contributed by atoms with Crippen molar-refractivity contribution in [3.63, 3.8) is 0 Å². The first-order valence-corrected chi connectivity index (χ1v) is 10.5. The number of nitrogens with zero attached hydrogens (tertiary/aromatic N) is 2. The summed E-state index contributed by atoms with van der Waals surface area (Å²) in [5, 5.41) is 2.75.